The minimum absolute atomic E-state index is 0.0861. The van der Waals surface area contributed by atoms with E-state index >= 15 is 0 Å². The van der Waals surface area contributed by atoms with Crippen molar-refractivity contribution in [2.24, 2.45) is 11.8 Å². The molecule has 0 spiro atoms. The summed E-state index contributed by atoms with van der Waals surface area (Å²) >= 11 is 0. The number of likely N-dealkylation sites (tertiary alicyclic amines) is 1. The number of allylic oxidation sites excluding steroid dienone is 2. The van der Waals surface area contributed by atoms with Crippen molar-refractivity contribution in [1.29, 1.82) is 0 Å². The van der Waals surface area contributed by atoms with Gasteiger partial charge in [0.25, 0.3) is 0 Å². The standard InChI is InChI=1S/C21H24N2O6/c1-12(23-19(26)15-5-3-4-6-16(15)20(23)27)18(25)22-17(21(28)29-2)11-13-7-9-14(24)10-8-13/h3-4,7-10,12,15-17,24H,5-6,11H2,1-2H3,(H,22,25)/t12-,15-,16+,17-/m1/s1. The first-order chi connectivity index (χ1) is 13.8. The van der Waals surface area contributed by atoms with Crippen LogP contribution in [0.25, 0.3) is 0 Å². The summed E-state index contributed by atoms with van der Waals surface area (Å²) in [6.45, 7) is 1.48. The van der Waals surface area contributed by atoms with Crippen LogP contribution in [-0.2, 0) is 30.3 Å². The molecule has 1 aliphatic heterocycles. The van der Waals surface area contributed by atoms with Crippen LogP contribution < -0.4 is 5.32 Å². The third kappa shape index (κ3) is 4.16. The van der Waals surface area contributed by atoms with E-state index in [1.165, 1.54) is 26.2 Å². The second-order valence-corrected chi connectivity index (χ2v) is 7.33. The van der Waals surface area contributed by atoms with E-state index in [4.69, 9.17) is 4.74 Å². The maximum atomic E-state index is 12.8. The van der Waals surface area contributed by atoms with Gasteiger partial charge in [-0.15, -0.1) is 0 Å². The highest BCUT2D eigenvalue weighted by atomic mass is 16.5. The molecule has 3 amide bonds. The van der Waals surface area contributed by atoms with Crippen LogP contribution >= 0.6 is 0 Å². The molecule has 2 aliphatic rings. The number of imide groups is 1. The molecule has 0 bridgehead atoms. The van der Waals surface area contributed by atoms with E-state index in [1.54, 1.807) is 12.1 Å². The molecule has 8 heteroatoms. The van der Waals surface area contributed by atoms with E-state index < -0.39 is 35.8 Å². The second-order valence-electron chi connectivity index (χ2n) is 7.33. The van der Waals surface area contributed by atoms with Crippen LogP contribution in [0.2, 0.25) is 0 Å². The van der Waals surface area contributed by atoms with E-state index in [-0.39, 0.29) is 24.0 Å². The topological polar surface area (TPSA) is 113 Å². The van der Waals surface area contributed by atoms with Crippen molar-refractivity contribution in [2.75, 3.05) is 7.11 Å². The van der Waals surface area contributed by atoms with Gasteiger partial charge in [-0.25, -0.2) is 4.79 Å². The highest BCUT2D eigenvalue weighted by Crippen LogP contribution is 2.36. The Kier molecular flexibility index (Phi) is 6.00. The summed E-state index contributed by atoms with van der Waals surface area (Å²) in [6, 6.07) is 4.19. The summed E-state index contributed by atoms with van der Waals surface area (Å²) in [4.78, 5) is 51.3. The highest BCUT2D eigenvalue weighted by Gasteiger charge is 2.50. The maximum Gasteiger partial charge on any atom is 0.328 e. The summed E-state index contributed by atoms with van der Waals surface area (Å²) in [6.07, 6.45) is 4.89. The number of ether oxygens (including phenoxy) is 1. The van der Waals surface area contributed by atoms with Gasteiger partial charge in [-0.2, -0.15) is 0 Å². The molecule has 0 radical (unpaired) electrons. The minimum Gasteiger partial charge on any atom is -0.508 e. The van der Waals surface area contributed by atoms with Gasteiger partial charge in [0.15, 0.2) is 0 Å². The Morgan fingerprint density at radius 3 is 2.21 bits per heavy atom. The van der Waals surface area contributed by atoms with Crippen LogP contribution in [0.4, 0.5) is 0 Å². The molecule has 0 aromatic heterocycles. The van der Waals surface area contributed by atoms with Crippen molar-refractivity contribution >= 4 is 23.7 Å². The fourth-order valence-electron chi connectivity index (χ4n) is 3.82. The zero-order valence-corrected chi connectivity index (χ0v) is 16.3. The van der Waals surface area contributed by atoms with Crippen LogP contribution in [0, 0.1) is 11.8 Å². The normalized spacial score (nSPS) is 22.8. The molecule has 0 unspecified atom stereocenters. The molecule has 29 heavy (non-hydrogen) atoms. The molecule has 4 atom stereocenters. The number of carbonyl (C=O) groups excluding carboxylic acids is 4. The van der Waals surface area contributed by atoms with Gasteiger partial charge in [-0.05, 0) is 37.5 Å². The molecule has 1 aliphatic carbocycles. The number of rotatable bonds is 6. The first kappa shape index (κ1) is 20.6. The zero-order chi connectivity index (χ0) is 21.1. The van der Waals surface area contributed by atoms with E-state index in [2.05, 4.69) is 5.32 Å². The number of fused-ring (bicyclic) bond motifs is 1. The molecular formula is C21H24N2O6. The van der Waals surface area contributed by atoms with Crippen molar-refractivity contribution in [3.63, 3.8) is 0 Å². The van der Waals surface area contributed by atoms with Gasteiger partial charge in [-0.3, -0.25) is 19.3 Å². The first-order valence-corrected chi connectivity index (χ1v) is 9.51. The molecule has 3 rings (SSSR count). The monoisotopic (exact) mass is 400 g/mol. The van der Waals surface area contributed by atoms with Crippen molar-refractivity contribution in [3.05, 3.63) is 42.0 Å². The molecule has 1 saturated heterocycles. The van der Waals surface area contributed by atoms with Crippen LogP contribution in [0.3, 0.4) is 0 Å². The summed E-state index contributed by atoms with van der Waals surface area (Å²) < 4.78 is 4.78. The fraction of sp³-hybridized carbons (Fsp3) is 0.429. The number of aromatic hydroxyl groups is 1. The summed E-state index contributed by atoms with van der Waals surface area (Å²) in [5, 5.41) is 12.0. The van der Waals surface area contributed by atoms with Gasteiger partial charge in [0.05, 0.1) is 18.9 Å². The van der Waals surface area contributed by atoms with Crippen LogP contribution in [-0.4, -0.2) is 52.9 Å². The Labute approximate surface area is 168 Å². The predicted molar refractivity (Wildman–Crippen MR) is 102 cm³/mol. The van der Waals surface area contributed by atoms with Gasteiger partial charge in [-0.1, -0.05) is 24.3 Å². The minimum atomic E-state index is -1.03. The number of hydrogen-bond donors (Lipinski definition) is 2. The number of nitrogens with zero attached hydrogens (tertiary/aromatic N) is 1. The molecule has 1 aromatic rings. The average molecular weight is 400 g/mol. The van der Waals surface area contributed by atoms with Gasteiger partial charge in [0.2, 0.25) is 17.7 Å². The molecular weight excluding hydrogens is 376 g/mol. The van der Waals surface area contributed by atoms with Crippen molar-refractivity contribution < 1.29 is 29.0 Å². The lowest BCUT2D eigenvalue weighted by Crippen LogP contribution is -2.53. The quantitative estimate of drug-likeness (QED) is 0.417. The van der Waals surface area contributed by atoms with Crippen molar-refractivity contribution in [2.45, 2.75) is 38.3 Å². The second kappa shape index (κ2) is 8.46. The largest absolute Gasteiger partial charge is 0.508 e. The first-order valence-electron chi connectivity index (χ1n) is 9.51. The number of methoxy groups -OCH3 is 1. The molecule has 2 N–H and O–H groups in total. The lowest BCUT2D eigenvalue weighted by molar-refractivity contribution is -0.149. The Bertz CT molecular complexity index is 821. The number of esters is 1. The van der Waals surface area contributed by atoms with Crippen molar-refractivity contribution in [3.8, 4) is 5.75 Å². The summed E-state index contributed by atoms with van der Waals surface area (Å²) in [5.74, 6) is -2.70. The fourth-order valence-corrected chi connectivity index (χ4v) is 3.82. The van der Waals surface area contributed by atoms with E-state index in [9.17, 15) is 24.3 Å². The van der Waals surface area contributed by atoms with Crippen molar-refractivity contribution in [1.82, 2.24) is 10.2 Å². The predicted octanol–water partition coefficient (Wildman–Crippen LogP) is 0.932. The van der Waals surface area contributed by atoms with E-state index in [0.717, 1.165) is 4.90 Å². The molecule has 8 nitrogen and oxygen atoms in total. The number of phenols is 1. The Morgan fingerprint density at radius 1 is 1.14 bits per heavy atom. The lowest BCUT2D eigenvalue weighted by Gasteiger charge is -2.25. The zero-order valence-electron chi connectivity index (χ0n) is 16.3. The van der Waals surface area contributed by atoms with Gasteiger partial charge in [0.1, 0.15) is 17.8 Å². The Hall–Kier alpha value is -3.16. The summed E-state index contributed by atoms with van der Waals surface area (Å²) in [7, 11) is 1.22. The number of phenolic OH excluding ortho intramolecular Hbond substituents is 1. The third-order valence-electron chi connectivity index (χ3n) is 5.49. The third-order valence-corrected chi connectivity index (χ3v) is 5.49. The van der Waals surface area contributed by atoms with E-state index in [1.807, 2.05) is 12.2 Å². The Morgan fingerprint density at radius 2 is 1.69 bits per heavy atom. The average Bonchev–Trinajstić information content (AvgIpc) is 2.98. The number of benzene rings is 1. The number of carbonyl (C=O) groups is 4. The van der Waals surface area contributed by atoms with Gasteiger partial charge < -0.3 is 15.2 Å². The lowest BCUT2D eigenvalue weighted by atomic mass is 9.85. The van der Waals surface area contributed by atoms with Crippen LogP contribution in [0.1, 0.15) is 25.3 Å². The molecule has 0 saturated carbocycles. The molecule has 1 heterocycles. The van der Waals surface area contributed by atoms with Crippen LogP contribution in [0.15, 0.2) is 36.4 Å². The van der Waals surface area contributed by atoms with Crippen LogP contribution in [0.5, 0.6) is 5.75 Å². The highest BCUT2D eigenvalue weighted by molar-refractivity contribution is 6.08. The number of hydrogen-bond acceptors (Lipinski definition) is 6. The Balaban J connectivity index is 1.71. The van der Waals surface area contributed by atoms with Gasteiger partial charge >= 0.3 is 5.97 Å². The number of nitrogens with one attached hydrogen (secondary N) is 1. The van der Waals surface area contributed by atoms with E-state index in [0.29, 0.717) is 18.4 Å². The molecule has 1 aromatic carbocycles. The summed E-state index contributed by atoms with van der Waals surface area (Å²) in [5.41, 5.74) is 0.705. The smallest absolute Gasteiger partial charge is 0.328 e. The SMILES string of the molecule is COC(=O)[C@@H](Cc1ccc(O)cc1)NC(=O)[C@@H](C)N1C(=O)[C@H]2CC=CC[C@H]2C1=O. The molecule has 1 fully saturated rings. The number of amides is 3. The maximum absolute atomic E-state index is 12.8. The van der Waals surface area contributed by atoms with Gasteiger partial charge in [0, 0.05) is 6.42 Å². The molecule has 154 valence electrons.